The van der Waals surface area contributed by atoms with E-state index in [2.05, 4.69) is 14.9 Å². The number of piperazine rings is 1. The molecule has 1 aliphatic heterocycles. The molecular weight excluding hydrogens is 378 g/mol. The summed E-state index contributed by atoms with van der Waals surface area (Å²) in [5.74, 6) is 0.413. The summed E-state index contributed by atoms with van der Waals surface area (Å²) in [6.45, 7) is 7.29. The van der Waals surface area contributed by atoms with Gasteiger partial charge in [0.2, 0.25) is 5.91 Å². The minimum Gasteiger partial charge on any atom is -0.339 e. The van der Waals surface area contributed by atoms with E-state index in [1.165, 1.54) is 17.8 Å². The Kier molecular flexibility index (Phi) is 6.58. The highest BCUT2D eigenvalue weighted by Gasteiger charge is 2.22. The second-order valence-electron chi connectivity index (χ2n) is 6.81. The maximum Gasteiger partial charge on any atom is 0.269 e. The van der Waals surface area contributed by atoms with Gasteiger partial charge in [0.05, 0.1) is 10.7 Å². The zero-order valence-electron chi connectivity index (χ0n) is 16.0. The number of non-ortho nitro benzene ring substituents is 1. The molecule has 0 bridgehead atoms. The molecule has 0 atom stereocenters. The van der Waals surface area contributed by atoms with Crippen LogP contribution >= 0.6 is 11.8 Å². The first kappa shape index (κ1) is 20.2. The lowest BCUT2D eigenvalue weighted by Crippen LogP contribution is -2.48. The van der Waals surface area contributed by atoms with Crippen molar-refractivity contribution in [2.24, 2.45) is 0 Å². The molecule has 1 aromatic heterocycles. The number of carbonyl (C=O) groups is 1. The second kappa shape index (κ2) is 9.11. The average Bonchev–Trinajstić information content (AvgIpc) is 2.66. The molecule has 0 spiro atoms. The first-order valence-electron chi connectivity index (χ1n) is 9.09. The number of aromatic nitrogens is 2. The monoisotopic (exact) mass is 401 g/mol. The number of nitrogens with zero attached hydrogens (tertiary/aromatic N) is 5. The molecule has 1 aromatic carbocycles. The Bertz CT molecular complexity index is 848. The van der Waals surface area contributed by atoms with E-state index < -0.39 is 0 Å². The lowest BCUT2D eigenvalue weighted by molar-refractivity contribution is -0.384. The predicted octanol–water partition coefficient (Wildman–Crippen LogP) is 2.44. The van der Waals surface area contributed by atoms with Gasteiger partial charge in [0.25, 0.3) is 5.69 Å². The van der Waals surface area contributed by atoms with E-state index in [0.717, 1.165) is 30.0 Å². The van der Waals surface area contributed by atoms with Crippen LogP contribution in [0.25, 0.3) is 0 Å². The zero-order valence-corrected chi connectivity index (χ0v) is 16.8. The van der Waals surface area contributed by atoms with Crippen molar-refractivity contribution in [2.75, 3.05) is 31.9 Å². The molecule has 1 amide bonds. The summed E-state index contributed by atoms with van der Waals surface area (Å²) in [7, 11) is 0. The van der Waals surface area contributed by atoms with E-state index >= 15 is 0 Å². The molecule has 0 saturated carbocycles. The van der Waals surface area contributed by atoms with Crippen LogP contribution in [0.2, 0.25) is 0 Å². The maximum atomic E-state index is 12.5. The number of amides is 1. The Labute approximate surface area is 168 Å². The van der Waals surface area contributed by atoms with Crippen LogP contribution in [0.3, 0.4) is 0 Å². The highest BCUT2D eigenvalue weighted by Crippen LogP contribution is 2.17. The molecule has 2 aromatic rings. The Hall–Kier alpha value is -2.52. The highest BCUT2D eigenvalue weighted by molar-refractivity contribution is 7.99. The van der Waals surface area contributed by atoms with Gasteiger partial charge < -0.3 is 4.90 Å². The van der Waals surface area contributed by atoms with E-state index in [9.17, 15) is 14.9 Å². The van der Waals surface area contributed by atoms with Gasteiger partial charge in [-0.1, -0.05) is 23.9 Å². The number of hydrogen-bond acceptors (Lipinski definition) is 7. The molecule has 2 heterocycles. The molecular formula is C19H23N5O3S. The zero-order chi connectivity index (χ0) is 20.1. The van der Waals surface area contributed by atoms with Gasteiger partial charge in [-0.05, 0) is 25.5 Å². The molecule has 1 aliphatic rings. The van der Waals surface area contributed by atoms with Crippen molar-refractivity contribution < 1.29 is 9.72 Å². The number of nitro groups is 1. The fraction of sp³-hybridized carbons (Fsp3) is 0.421. The van der Waals surface area contributed by atoms with Crippen LogP contribution in [0.4, 0.5) is 5.69 Å². The van der Waals surface area contributed by atoms with Crippen molar-refractivity contribution in [3.05, 3.63) is 57.4 Å². The summed E-state index contributed by atoms with van der Waals surface area (Å²) >= 11 is 1.37. The van der Waals surface area contributed by atoms with Gasteiger partial charge in [0.1, 0.15) is 0 Å². The average molecular weight is 401 g/mol. The fourth-order valence-electron chi connectivity index (χ4n) is 3.16. The normalized spacial score (nSPS) is 14.9. The van der Waals surface area contributed by atoms with Crippen molar-refractivity contribution in [3.8, 4) is 0 Å². The SMILES string of the molecule is Cc1cc(C)nc(SCC(=O)N2CCN(Cc3cccc([N+](=O)[O-])c3)CC2)n1. The quantitative estimate of drug-likeness (QED) is 0.318. The van der Waals surface area contributed by atoms with E-state index in [4.69, 9.17) is 0 Å². The molecule has 1 fully saturated rings. The van der Waals surface area contributed by atoms with Crippen LogP contribution in [0.1, 0.15) is 17.0 Å². The number of nitro benzene ring substituents is 1. The van der Waals surface area contributed by atoms with Gasteiger partial charge in [-0.25, -0.2) is 9.97 Å². The molecule has 3 rings (SSSR count). The topological polar surface area (TPSA) is 92.5 Å². The van der Waals surface area contributed by atoms with Crippen LogP contribution in [-0.2, 0) is 11.3 Å². The van der Waals surface area contributed by atoms with Crippen molar-refractivity contribution in [1.82, 2.24) is 19.8 Å². The lowest BCUT2D eigenvalue weighted by atomic mass is 10.1. The van der Waals surface area contributed by atoms with Gasteiger partial charge in [-0.15, -0.1) is 0 Å². The number of carbonyl (C=O) groups excluding carboxylic acids is 1. The third kappa shape index (κ3) is 5.49. The summed E-state index contributed by atoms with van der Waals surface area (Å²) in [4.78, 5) is 35.8. The van der Waals surface area contributed by atoms with E-state index in [1.807, 2.05) is 30.9 Å². The number of hydrogen-bond donors (Lipinski definition) is 0. The molecule has 28 heavy (non-hydrogen) atoms. The number of rotatable bonds is 6. The summed E-state index contributed by atoms with van der Waals surface area (Å²) in [5, 5.41) is 11.5. The Balaban J connectivity index is 1.47. The molecule has 0 unspecified atom stereocenters. The van der Waals surface area contributed by atoms with Crippen molar-refractivity contribution >= 4 is 23.4 Å². The van der Waals surface area contributed by atoms with Crippen LogP contribution in [0.15, 0.2) is 35.5 Å². The van der Waals surface area contributed by atoms with Gasteiger partial charge in [0, 0.05) is 56.2 Å². The third-order valence-corrected chi connectivity index (χ3v) is 5.37. The largest absolute Gasteiger partial charge is 0.339 e. The Morgan fingerprint density at radius 2 is 1.82 bits per heavy atom. The minimum absolute atomic E-state index is 0.0859. The highest BCUT2D eigenvalue weighted by atomic mass is 32.2. The molecule has 0 N–H and O–H groups in total. The first-order valence-corrected chi connectivity index (χ1v) is 10.1. The van der Waals surface area contributed by atoms with Crippen molar-refractivity contribution in [3.63, 3.8) is 0 Å². The van der Waals surface area contributed by atoms with Crippen molar-refractivity contribution in [1.29, 1.82) is 0 Å². The third-order valence-electron chi connectivity index (χ3n) is 4.54. The second-order valence-corrected chi connectivity index (χ2v) is 7.75. The summed E-state index contributed by atoms with van der Waals surface area (Å²) < 4.78 is 0. The van der Waals surface area contributed by atoms with Crippen LogP contribution in [0.5, 0.6) is 0 Å². The lowest BCUT2D eigenvalue weighted by Gasteiger charge is -2.34. The Morgan fingerprint density at radius 3 is 2.46 bits per heavy atom. The molecule has 0 radical (unpaired) electrons. The smallest absolute Gasteiger partial charge is 0.269 e. The molecule has 8 nitrogen and oxygen atoms in total. The number of thioether (sulfide) groups is 1. The van der Waals surface area contributed by atoms with E-state index in [1.54, 1.807) is 12.1 Å². The van der Waals surface area contributed by atoms with Crippen LogP contribution in [-0.4, -0.2) is 62.5 Å². The number of benzene rings is 1. The molecule has 1 saturated heterocycles. The van der Waals surface area contributed by atoms with Gasteiger partial charge in [-0.3, -0.25) is 19.8 Å². The minimum atomic E-state index is -0.378. The maximum absolute atomic E-state index is 12.5. The van der Waals surface area contributed by atoms with Gasteiger partial charge >= 0.3 is 0 Å². The van der Waals surface area contributed by atoms with Gasteiger partial charge in [0.15, 0.2) is 5.16 Å². The Morgan fingerprint density at radius 1 is 1.14 bits per heavy atom. The standard InChI is InChI=1S/C19H23N5O3S/c1-14-10-15(2)21-19(20-14)28-13-18(25)23-8-6-22(7-9-23)12-16-4-3-5-17(11-16)24(26)27/h3-5,10-11H,6-9,12-13H2,1-2H3. The summed E-state index contributed by atoms with van der Waals surface area (Å²) in [5.41, 5.74) is 2.82. The summed E-state index contributed by atoms with van der Waals surface area (Å²) in [6.07, 6.45) is 0. The van der Waals surface area contributed by atoms with Crippen LogP contribution < -0.4 is 0 Å². The van der Waals surface area contributed by atoms with Gasteiger partial charge in [-0.2, -0.15) is 0 Å². The van der Waals surface area contributed by atoms with Crippen molar-refractivity contribution in [2.45, 2.75) is 25.5 Å². The summed E-state index contributed by atoms with van der Waals surface area (Å²) in [6, 6.07) is 8.62. The molecule has 0 aliphatic carbocycles. The molecule has 148 valence electrons. The van der Waals surface area contributed by atoms with Crippen LogP contribution in [0, 0.1) is 24.0 Å². The predicted molar refractivity (Wildman–Crippen MR) is 107 cm³/mol. The number of aryl methyl sites for hydroxylation is 2. The fourth-order valence-corrected chi connectivity index (χ4v) is 4.01. The first-order chi connectivity index (χ1) is 13.4. The van der Waals surface area contributed by atoms with E-state index in [-0.39, 0.29) is 16.5 Å². The molecule has 9 heteroatoms. The van der Waals surface area contributed by atoms with E-state index in [0.29, 0.717) is 30.5 Å².